The van der Waals surface area contributed by atoms with Gasteiger partial charge in [0.05, 0.1) is 0 Å². The quantitative estimate of drug-likeness (QED) is 0.720. The van der Waals surface area contributed by atoms with E-state index in [-0.39, 0.29) is 0 Å². The van der Waals surface area contributed by atoms with Crippen molar-refractivity contribution in [2.45, 2.75) is 25.5 Å². The monoisotopic (exact) mass is 317 g/mol. The minimum absolute atomic E-state index is 0.413. The van der Waals surface area contributed by atoms with Gasteiger partial charge in [-0.2, -0.15) is 13.2 Å². The van der Waals surface area contributed by atoms with E-state index in [1.165, 1.54) is 5.32 Å². The van der Waals surface area contributed by atoms with E-state index in [1.54, 1.807) is 18.2 Å². The second-order valence-corrected chi connectivity index (χ2v) is 4.66. The molecule has 9 heteroatoms. The van der Waals surface area contributed by atoms with Gasteiger partial charge < -0.3 is 20.7 Å². The zero-order chi connectivity index (χ0) is 16.3. The third-order valence-corrected chi connectivity index (χ3v) is 3.10. The predicted molar refractivity (Wildman–Crippen MR) is 70.6 cm³/mol. The van der Waals surface area contributed by atoms with Crippen molar-refractivity contribution in [3.63, 3.8) is 0 Å². The zero-order valence-corrected chi connectivity index (χ0v) is 11.6. The summed E-state index contributed by atoms with van der Waals surface area (Å²) in [6, 6.07) is 5.15. The number of amides is 2. The predicted octanol–water partition coefficient (Wildman–Crippen LogP) is 0.879. The summed E-state index contributed by atoms with van der Waals surface area (Å²) < 4.78 is 41.1. The molecule has 0 radical (unpaired) electrons. The summed E-state index contributed by atoms with van der Waals surface area (Å²) in [5, 5.41) is 7.00. The molecule has 0 bridgehead atoms. The second kappa shape index (κ2) is 6.32. The van der Waals surface area contributed by atoms with Gasteiger partial charge in [0.2, 0.25) is 6.23 Å². The molecule has 6 nitrogen and oxygen atoms in total. The number of rotatable bonds is 4. The molecule has 1 aromatic carbocycles. The number of ether oxygens (including phenoxy) is 1. The van der Waals surface area contributed by atoms with Crippen LogP contribution in [0, 0.1) is 0 Å². The van der Waals surface area contributed by atoms with Crippen LogP contribution in [0.15, 0.2) is 18.2 Å². The van der Waals surface area contributed by atoms with Crippen LogP contribution in [0.4, 0.5) is 18.9 Å². The van der Waals surface area contributed by atoms with Crippen molar-refractivity contribution in [1.82, 2.24) is 10.6 Å². The molecular weight excluding hydrogens is 303 g/mol. The Morgan fingerprint density at radius 1 is 1.27 bits per heavy atom. The molecule has 1 aliphatic heterocycles. The highest BCUT2D eigenvalue weighted by Gasteiger charge is 2.40. The number of halogens is 3. The average molecular weight is 317 g/mol. The first-order valence-electron chi connectivity index (χ1n) is 6.35. The highest BCUT2D eigenvalue weighted by atomic mass is 19.4. The van der Waals surface area contributed by atoms with Crippen molar-refractivity contribution < 1.29 is 27.5 Å². The lowest BCUT2D eigenvalue weighted by atomic mass is 10.1. The van der Waals surface area contributed by atoms with E-state index in [0.717, 1.165) is 24.8 Å². The van der Waals surface area contributed by atoms with Crippen molar-refractivity contribution in [2.75, 3.05) is 12.4 Å². The summed E-state index contributed by atoms with van der Waals surface area (Å²) in [6.07, 6.45) is -6.82. The fraction of sp³-hybridized carbons (Fsp3) is 0.385. The van der Waals surface area contributed by atoms with E-state index in [1.807, 2.05) is 0 Å². The number of fused-ring (bicyclic) bond motifs is 1. The van der Waals surface area contributed by atoms with Crippen LogP contribution in [0.25, 0.3) is 0 Å². The molecule has 0 aromatic heterocycles. The maximum absolute atomic E-state index is 12.2. The van der Waals surface area contributed by atoms with Crippen LogP contribution >= 0.6 is 0 Å². The Bertz CT molecular complexity index is 590. The Balaban J connectivity index is 2.02. The van der Waals surface area contributed by atoms with Gasteiger partial charge in [-0.05, 0) is 23.3 Å². The number of methoxy groups -OCH3 is 1. The van der Waals surface area contributed by atoms with E-state index in [2.05, 4.69) is 15.4 Å². The number of hydrogen-bond donors (Lipinski definition) is 3. The van der Waals surface area contributed by atoms with Gasteiger partial charge in [-0.25, -0.2) is 0 Å². The first kappa shape index (κ1) is 16.2. The van der Waals surface area contributed by atoms with Crippen LogP contribution in [0.3, 0.4) is 0 Å². The number of carbonyl (C=O) groups excluding carboxylic acids is 2. The maximum Gasteiger partial charge on any atom is 0.471 e. The van der Waals surface area contributed by atoms with Crippen molar-refractivity contribution in [2.24, 2.45) is 0 Å². The molecule has 2 amide bonds. The highest BCUT2D eigenvalue weighted by molar-refractivity contribution is 5.97. The molecule has 1 aromatic rings. The Labute approximate surface area is 124 Å². The summed E-state index contributed by atoms with van der Waals surface area (Å²) in [4.78, 5) is 22.7. The maximum atomic E-state index is 12.2. The van der Waals surface area contributed by atoms with Crippen LogP contribution in [0.5, 0.6) is 0 Å². The molecule has 0 fully saturated rings. The minimum atomic E-state index is -5.09. The molecule has 1 unspecified atom stereocenters. The van der Waals surface area contributed by atoms with Crippen molar-refractivity contribution in [3.8, 4) is 0 Å². The third-order valence-electron chi connectivity index (χ3n) is 3.10. The van der Waals surface area contributed by atoms with Gasteiger partial charge in [0.1, 0.15) is 0 Å². The fourth-order valence-electron chi connectivity index (χ4n) is 2.01. The van der Waals surface area contributed by atoms with Crippen LogP contribution in [0.2, 0.25) is 0 Å². The summed E-state index contributed by atoms with van der Waals surface area (Å²) in [5.74, 6) is -3.14. The normalized spacial score (nSPS) is 15.1. The number of hydrogen-bond acceptors (Lipinski definition) is 4. The molecule has 22 heavy (non-hydrogen) atoms. The van der Waals surface area contributed by atoms with Gasteiger partial charge >= 0.3 is 12.1 Å². The molecule has 3 N–H and O–H groups in total. The Morgan fingerprint density at radius 3 is 2.59 bits per heavy atom. The lowest BCUT2D eigenvalue weighted by Crippen LogP contribution is -2.49. The van der Waals surface area contributed by atoms with E-state index in [9.17, 15) is 22.8 Å². The van der Waals surface area contributed by atoms with Gasteiger partial charge in [-0.1, -0.05) is 6.07 Å². The minimum Gasteiger partial charge on any atom is -0.353 e. The SMILES string of the molecule is COC(NC(=O)C(F)(F)F)C(=O)Nc1ccc2c(c1)CNC2. The summed E-state index contributed by atoms with van der Waals surface area (Å²) in [5.41, 5.74) is 2.49. The molecular formula is C13H14F3N3O3. The molecule has 0 spiro atoms. The zero-order valence-electron chi connectivity index (χ0n) is 11.6. The average Bonchev–Trinajstić information content (AvgIpc) is 2.90. The molecule has 2 rings (SSSR count). The van der Waals surface area contributed by atoms with Crippen LogP contribution < -0.4 is 16.0 Å². The first-order valence-corrected chi connectivity index (χ1v) is 6.35. The highest BCUT2D eigenvalue weighted by Crippen LogP contribution is 2.20. The number of anilines is 1. The molecule has 1 aliphatic rings. The first-order chi connectivity index (χ1) is 10.3. The lowest BCUT2D eigenvalue weighted by Gasteiger charge is -2.17. The summed E-state index contributed by atoms with van der Waals surface area (Å²) in [7, 11) is 1.02. The van der Waals surface area contributed by atoms with E-state index in [0.29, 0.717) is 12.2 Å². The Morgan fingerprint density at radius 2 is 1.95 bits per heavy atom. The molecule has 120 valence electrons. The van der Waals surface area contributed by atoms with E-state index in [4.69, 9.17) is 0 Å². The number of benzene rings is 1. The van der Waals surface area contributed by atoms with Crippen molar-refractivity contribution in [1.29, 1.82) is 0 Å². The largest absolute Gasteiger partial charge is 0.471 e. The molecule has 0 saturated heterocycles. The lowest BCUT2D eigenvalue weighted by molar-refractivity contribution is -0.177. The Hall–Kier alpha value is -2.13. The third kappa shape index (κ3) is 3.74. The van der Waals surface area contributed by atoms with Crippen LogP contribution in [0.1, 0.15) is 11.1 Å². The van der Waals surface area contributed by atoms with Crippen LogP contribution in [-0.2, 0) is 27.4 Å². The van der Waals surface area contributed by atoms with Gasteiger partial charge in [0, 0.05) is 25.9 Å². The van der Waals surface area contributed by atoms with Gasteiger partial charge in [0.25, 0.3) is 5.91 Å². The van der Waals surface area contributed by atoms with Gasteiger partial charge in [-0.3, -0.25) is 9.59 Å². The fourth-order valence-corrected chi connectivity index (χ4v) is 2.01. The van der Waals surface area contributed by atoms with E-state index < -0.39 is 24.2 Å². The van der Waals surface area contributed by atoms with Crippen molar-refractivity contribution in [3.05, 3.63) is 29.3 Å². The van der Waals surface area contributed by atoms with Gasteiger partial charge in [0.15, 0.2) is 0 Å². The van der Waals surface area contributed by atoms with Crippen LogP contribution in [-0.4, -0.2) is 31.3 Å². The smallest absolute Gasteiger partial charge is 0.353 e. The number of alkyl halides is 3. The van der Waals surface area contributed by atoms with E-state index >= 15 is 0 Å². The summed E-state index contributed by atoms with van der Waals surface area (Å²) in [6.45, 7) is 1.38. The second-order valence-electron chi connectivity index (χ2n) is 4.66. The molecule has 1 heterocycles. The van der Waals surface area contributed by atoms with Crippen molar-refractivity contribution >= 4 is 17.5 Å². The summed E-state index contributed by atoms with van der Waals surface area (Å²) >= 11 is 0. The topological polar surface area (TPSA) is 79.5 Å². The molecule has 0 aliphatic carbocycles. The standard InChI is InChI=1S/C13H14F3N3O3/c1-22-11(19-12(21)13(14,15)16)10(20)18-9-3-2-7-5-17-6-8(7)4-9/h2-4,11,17H,5-6H2,1H3,(H,18,20)(H,19,21). The Kier molecular flexibility index (Phi) is 4.67. The molecule has 1 atom stereocenters. The van der Waals surface area contributed by atoms with Gasteiger partial charge in [-0.15, -0.1) is 0 Å². The molecule has 0 saturated carbocycles. The number of nitrogens with one attached hydrogen (secondary N) is 3. The number of carbonyl (C=O) groups is 2.